The van der Waals surface area contributed by atoms with E-state index in [1.807, 2.05) is 24.3 Å². The summed E-state index contributed by atoms with van der Waals surface area (Å²) in [7, 11) is 0. The molecule has 0 aromatic heterocycles. The van der Waals surface area contributed by atoms with Gasteiger partial charge in [-0.2, -0.15) is 0 Å². The van der Waals surface area contributed by atoms with Crippen LogP contribution < -0.4 is 5.32 Å². The van der Waals surface area contributed by atoms with Crippen molar-refractivity contribution in [2.45, 2.75) is 31.7 Å². The number of amides is 1. The van der Waals surface area contributed by atoms with E-state index in [0.717, 1.165) is 42.5 Å². The second-order valence-electron chi connectivity index (χ2n) is 5.52. The number of benzene rings is 1. The van der Waals surface area contributed by atoms with E-state index in [-0.39, 0.29) is 5.91 Å². The summed E-state index contributed by atoms with van der Waals surface area (Å²) < 4.78 is 6.29. The molecule has 1 N–H and O–H groups in total. The van der Waals surface area contributed by atoms with E-state index < -0.39 is 0 Å². The maximum absolute atomic E-state index is 12.3. The van der Waals surface area contributed by atoms with Gasteiger partial charge < -0.3 is 10.1 Å². The van der Waals surface area contributed by atoms with E-state index in [0.29, 0.717) is 11.5 Å². The molecule has 1 aromatic carbocycles. The SMILES string of the molecule is O=C(NC1CCC12CCOCC2)c1ccccc1Br. The zero-order chi connectivity index (χ0) is 13.3. The largest absolute Gasteiger partial charge is 0.381 e. The van der Waals surface area contributed by atoms with Crippen molar-refractivity contribution in [3.05, 3.63) is 34.3 Å². The van der Waals surface area contributed by atoms with Crippen LogP contribution in [0.5, 0.6) is 0 Å². The first kappa shape index (κ1) is 13.1. The lowest BCUT2D eigenvalue weighted by molar-refractivity contribution is -0.0523. The number of carbonyl (C=O) groups excluding carboxylic acids is 1. The lowest BCUT2D eigenvalue weighted by Gasteiger charge is -2.52. The molecule has 1 spiro atoms. The molecule has 1 aliphatic heterocycles. The first-order chi connectivity index (χ1) is 9.21. The lowest BCUT2D eigenvalue weighted by atomic mass is 9.60. The Morgan fingerprint density at radius 3 is 2.63 bits per heavy atom. The molecule has 2 fully saturated rings. The van der Waals surface area contributed by atoms with Crippen LogP contribution in [0, 0.1) is 5.41 Å². The van der Waals surface area contributed by atoms with Crippen LogP contribution in [-0.2, 0) is 4.74 Å². The van der Waals surface area contributed by atoms with E-state index >= 15 is 0 Å². The summed E-state index contributed by atoms with van der Waals surface area (Å²) in [6, 6.07) is 7.89. The van der Waals surface area contributed by atoms with Crippen molar-refractivity contribution in [3.63, 3.8) is 0 Å². The standard InChI is InChI=1S/C15H18BrNO2/c16-12-4-2-1-3-11(12)14(18)17-13-5-6-15(13)7-9-19-10-8-15/h1-4,13H,5-10H2,(H,17,18). The Hall–Kier alpha value is -0.870. The molecule has 3 nitrogen and oxygen atoms in total. The zero-order valence-electron chi connectivity index (χ0n) is 10.8. The number of nitrogens with one attached hydrogen (secondary N) is 1. The second kappa shape index (κ2) is 5.25. The predicted octanol–water partition coefficient (Wildman–Crippen LogP) is 3.14. The topological polar surface area (TPSA) is 38.3 Å². The summed E-state index contributed by atoms with van der Waals surface area (Å²) in [5.41, 5.74) is 1.02. The second-order valence-corrected chi connectivity index (χ2v) is 6.37. The molecule has 1 saturated carbocycles. The Balaban J connectivity index is 1.69. The molecule has 4 heteroatoms. The van der Waals surface area contributed by atoms with Crippen LogP contribution in [0.3, 0.4) is 0 Å². The third-order valence-electron chi connectivity index (χ3n) is 4.58. The maximum atomic E-state index is 12.3. The zero-order valence-corrected chi connectivity index (χ0v) is 12.4. The van der Waals surface area contributed by atoms with Crippen LogP contribution in [0.4, 0.5) is 0 Å². The molecule has 19 heavy (non-hydrogen) atoms. The molecule has 1 saturated heterocycles. The van der Waals surface area contributed by atoms with Crippen molar-refractivity contribution < 1.29 is 9.53 Å². The normalized spacial score (nSPS) is 24.8. The average Bonchev–Trinajstić information content (AvgIpc) is 2.45. The quantitative estimate of drug-likeness (QED) is 0.908. The third kappa shape index (κ3) is 2.43. The van der Waals surface area contributed by atoms with E-state index in [1.54, 1.807) is 0 Å². The van der Waals surface area contributed by atoms with E-state index in [2.05, 4.69) is 21.2 Å². The number of hydrogen-bond donors (Lipinski definition) is 1. The highest BCUT2D eigenvalue weighted by Crippen LogP contribution is 2.48. The summed E-state index contributed by atoms with van der Waals surface area (Å²) in [5, 5.41) is 3.21. The number of halogens is 1. The molecule has 3 rings (SSSR count). The molecular weight excluding hydrogens is 306 g/mol. The highest BCUT2D eigenvalue weighted by molar-refractivity contribution is 9.10. The van der Waals surface area contributed by atoms with Gasteiger partial charge in [-0.05, 0) is 59.2 Å². The molecule has 102 valence electrons. The van der Waals surface area contributed by atoms with Crippen LogP contribution >= 0.6 is 15.9 Å². The Bertz CT molecular complexity index is 483. The van der Waals surface area contributed by atoms with Gasteiger partial charge in [0.1, 0.15) is 0 Å². The molecule has 2 aliphatic rings. The van der Waals surface area contributed by atoms with Gasteiger partial charge in [-0.1, -0.05) is 12.1 Å². The summed E-state index contributed by atoms with van der Waals surface area (Å²) in [5.74, 6) is 0.0306. The van der Waals surface area contributed by atoms with Crippen LogP contribution in [0.2, 0.25) is 0 Å². The van der Waals surface area contributed by atoms with Crippen LogP contribution in [0.15, 0.2) is 28.7 Å². The van der Waals surface area contributed by atoms with Crippen molar-refractivity contribution in [2.75, 3.05) is 13.2 Å². The Morgan fingerprint density at radius 1 is 1.26 bits per heavy atom. The van der Waals surface area contributed by atoms with Gasteiger partial charge in [0, 0.05) is 23.7 Å². The molecule has 0 radical (unpaired) electrons. The minimum atomic E-state index is 0.0306. The number of ether oxygens (including phenoxy) is 1. The number of hydrogen-bond acceptors (Lipinski definition) is 2. The third-order valence-corrected chi connectivity index (χ3v) is 5.27. The Kier molecular flexibility index (Phi) is 3.63. The van der Waals surface area contributed by atoms with Crippen LogP contribution in [-0.4, -0.2) is 25.2 Å². The van der Waals surface area contributed by atoms with Gasteiger partial charge in [0.05, 0.1) is 5.56 Å². The fourth-order valence-corrected chi connectivity index (χ4v) is 3.64. The predicted molar refractivity (Wildman–Crippen MR) is 77.1 cm³/mol. The van der Waals surface area contributed by atoms with Gasteiger partial charge >= 0.3 is 0 Å². The molecule has 1 aromatic rings. The highest BCUT2D eigenvalue weighted by atomic mass is 79.9. The monoisotopic (exact) mass is 323 g/mol. The van der Waals surface area contributed by atoms with Gasteiger partial charge in [-0.3, -0.25) is 4.79 Å². The minimum absolute atomic E-state index is 0.0306. The van der Waals surface area contributed by atoms with Crippen molar-refractivity contribution in [1.82, 2.24) is 5.32 Å². The van der Waals surface area contributed by atoms with E-state index in [1.165, 1.54) is 6.42 Å². The molecular formula is C15H18BrNO2. The lowest BCUT2D eigenvalue weighted by Crippen LogP contribution is -2.57. The Morgan fingerprint density at radius 2 is 2.00 bits per heavy atom. The van der Waals surface area contributed by atoms with Crippen molar-refractivity contribution in [1.29, 1.82) is 0 Å². The molecule has 0 bridgehead atoms. The summed E-state index contributed by atoms with van der Waals surface area (Å²) >= 11 is 3.43. The number of carbonyl (C=O) groups is 1. The van der Waals surface area contributed by atoms with Gasteiger partial charge in [-0.15, -0.1) is 0 Å². The first-order valence-corrected chi connectivity index (χ1v) is 7.64. The molecule has 1 unspecified atom stereocenters. The minimum Gasteiger partial charge on any atom is -0.381 e. The van der Waals surface area contributed by atoms with Crippen molar-refractivity contribution in [2.24, 2.45) is 5.41 Å². The fraction of sp³-hybridized carbons (Fsp3) is 0.533. The van der Waals surface area contributed by atoms with Crippen molar-refractivity contribution >= 4 is 21.8 Å². The average molecular weight is 324 g/mol. The summed E-state index contributed by atoms with van der Waals surface area (Å²) in [6.45, 7) is 1.67. The molecule has 1 atom stereocenters. The van der Waals surface area contributed by atoms with Gasteiger partial charge in [0.25, 0.3) is 5.91 Å². The van der Waals surface area contributed by atoms with E-state index in [4.69, 9.17) is 4.74 Å². The maximum Gasteiger partial charge on any atom is 0.252 e. The van der Waals surface area contributed by atoms with Gasteiger partial charge in [0.2, 0.25) is 0 Å². The Labute approximate surface area is 121 Å². The van der Waals surface area contributed by atoms with E-state index in [9.17, 15) is 4.79 Å². The highest BCUT2D eigenvalue weighted by Gasteiger charge is 2.48. The van der Waals surface area contributed by atoms with Crippen LogP contribution in [0.25, 0.3) is 0 Å². The molecule has 1 heterocycles. The summed E-state index contributed by atoms with van der Waals surface area (Å²) in [4.78, 5) is 12.3. The van der Waals surface area contributed by atoms with Gasteiger partial charge in [-0.25, -0.2) is 0 Å². The number of rotatable bonds is 2. The molecule has 1 amide bonds. The summed E-state index contributed by atoms with van der Waals surface area (Å²) in [6.07, 6.45) is 4.47. The fourth-order valence-electron chi connectivity index (χ4n) is 3.18. The van der Waals surface area contributed by atoms with Crippen molar-refractivity contribution in [3.8, 4) is 0 Å². The smallest absolute Gasteiger partial charge is 0.252 e. The molecule has 1 aliphatic carbocycles. The van der Waals surface area contributed by atoms with Crippen LogP contribution in [0.1, 0.15) is 36.0 Å². The first-order valence-electron chi connectivity index (χ1n) is 6.84. The van der Waals surface area contributed by atoms with Gasteiger partial charge in [0.15, 0.2) is 0 Å².